The van der Waals surface area contributed by atoms with Crippen LogP contribution in [0, 0.1) is 17.8 Å². The fourth-order valence-electron chi connectivity index (χ4n) is 3.47. The molecule has 0 fully saturated rings. The van der Waals surface area contributed by atoms with Gasteiger partial charge in [-0.3, -0.25) is 14.4 Å². The van der Waals surface area contributed by atoms with E-state index in [1.165, 1.54) is 6.08 Å². The van der Waals surface area contributed by atoms with Crippen molar-refractivity contribution in [1.82, 2.24) is 16.0 Å². The van der Waals surface area contributed by atoms with Crippen LogP contribution in [0.2, 0.25) is 0 Å². The standard InChI is InChI=1S/C26H37N3O4/c1-16(2)7-12-22(30)29-23-24(18(5)6)33-20-10-8-19(9-11-20)13-14-27-25(31)21(15-17(3)4)28-26(23)32/h7-14,16-18,21,23-24H,15H2,1-6H3,(H,27,31)(H,28,32)(H,29,30)/t21-,23?,24-/m0/s1. The maximum Gasteiger partial charge on any atom is 0.247 e. The molecule has 2 aliphatic rings. The molecule has 1 aromatic carbocycles. The second-order valence-electron chi connectivity index (χ2n) is 9.52. The summed E-state index contributed by atoms with van der Waals surface area (Å²) >= 11 is 0. The van der Waals surface area contributed by atoms with Gasteiger partial charge in [0.25, 0.3) is 0 Å². The molecule has 0 radical (unpaired) electrons. The van der Waals surface area contributed by atoms with E-state index in [2.05, 4.69) is 16.0 Å². The Hall–Kier alpha value is -3.09. The first-order chi connectivity index (χ1) is 15.6. The van der Waals surface area contributed by atoms with Crippen molar-refractivity contribution in [2.75, 3.05) is 0 Å². The van der Waals surface area contributed by atoms with E-state index < -0.39 is 24.1 Å². The van der Waals surface area contributed by atoms with Crippen LogP contribution in [0.4, 0.5) is 0 Å². The molecule has 2 bridgehead atoms. The third kappa shape index (κ3) is 8.40. The lowest BCUT2D eigenvalue weighted by Gasteiger charge is -2.32. The zero-order valence-corrected chi connectivity index (χ0v) is 20.4. The third-order valence-electron chi connectivity index (χ3n) is 5.19. The minimum atomic E-state index is -0.991. The van der Waals surface area contributed by atoms with Gasteiger partial charge in [0.2, 0.25) is 17.7 Å². The predicted octanol–water partition coefficient (Wildman–Crippen LogP) is 3.42. The molecule has 3 atom stereocenters. The van der Waals surface area contributed by atoms with E-state index in [0.717, 1.165) is 5.56 Å². The summed E-state index contributed by atoms with van der Waals surface area (Å²) in [5.41, 5.74) is 0.897. The van der Waals surface area contributed by atoms with Crippen molar-refractivity contribution in [1.29, 1.82) is 0 Å². The number of carbonyl (C=O) groups excluding carboxylic acids is 3. The Labute approximate surface area is 197 Å². The molecule has 0 saturated carbocycles. The van der Waals surface area contributed by atoms with E-state index in [0.29, 0.717) is 12.2 Å². The molecule has 1 unspecified atom stereocenters. The third-order valence-corrected chi connectivity index (χ3v) is 5.19. The van der Waals surface area contributed by atoms with Gasteiger partial charge >= 0.3 is 0 Å². The van der Waals surface area contributed by atoms with E-state index in [-0.39, 0.29) is 29.6 Å². The van der Waals surface area contributed by atoms with Crippen molar-refractivity contribution in [3.63, 3.8) is 0 Å². The summed E-state index contributed by atoms with van der Waals surface area (Å²) in [4.78, 5) is 38.9. The molecule has 0 spiro atoms. The van der Waals surface area contributed by atoms with Gasteiger partial charge < -0.3 is 20.7 Å². The van der Waals surface area contributed by atoms with E-state index in [4.69, 9.17) is 4.74 Å². The van der Waals surface area contributed by atoms with Crippen molar-refractivity contribution in [3.8, 4) is 5.75 Å². The minimum Gasteiger partial charge on any atom is -0.487 e. The highest BCUT2D eigenvalue weighted by molar-refractivity contribution is 5.95. The first-order valence-corrected chi connectivity index (χ1v) is 11.6. The van der Waals surface area contributed by atoms with E-state index in [1.807, 2.05) is 53.7 Å². The number of benzene rings is 1. The molecule has 180 valence electrons. The lowest BCUT2D eigenvalue weighted by molar-refractivity contribution is -0.133. The lowest BCUT2D eigenvalue weighted by Crippen LogP contribution is -2.59. The van der Waals surface area contributed by atoms with E-state index in [9.17, 15) is 14.4 Å². The maximum atomic E-state index is 13.4. The molecule has 0 aromatic heterocycles. The highest BCUT2D eigenvalue weighted by Crippen LogP contribution is 2.21. The number of rotatable bonds is 6. The van der Waals surface area contributed by atoms with Crippen LogP contribution in [-0.4, -0.2) is 35.9 Å². The number of ether oxygens (including phenoxy) is 1. The number of amides is 3. The molecule has 7 nitrogen and oxygen atoms in total. The number of allylic oxidation sites excluding steroid dienone is 1. The quantitative estimate of drug-likeness (QED) is 0.573. The van der Waals surface area contributed by atoms with Crippen LogP contribution < -0.4 is 20.7 Å². The van der Waals surface area contributed by atoms with Crippen LogP contribution in [0.3, 0.4) is 0 Å². The summed E-state index contributed by atoms with van der Waals surface area (Å²) in [7, 11) is 0. The number of hydrogen-bond acceptors (Lipinski definition) is 4. The van der Waals surface area contributed by atoms with Gasteiger partial charge in [-0.2, -0.15) is 0 Å². The largest absolute Gasteiger partial charge is 0.487 e. The Kier molecular flexibility index (Phi) is 9.70. The first-order valence-electron chi connectivity index (χ1n) is 11.6. The molecule has 3 rings (SSSR count). The molecular formula is C26H37N3O4. The zero-order valence-electron chi connectivity index (χ0n) is 20.4. The minimum absolute atomic E-state index is 0.0972. The van der Waals surface area contributed by atoms with Crippen molar-refractivity contribution in [2.45, 2.75) is 66.2 Å². The van der Waals surface area contributed by atoms with Crippen molar-refractivity contribution in [2.24, 2.45) is 17.8 Å². The Morgan fingerprint density at radius 1 is 1.06 bits per heavy atom. The molecule has 0 saturated heterocycles. The zero-order chi connectivity index (χ0) is 24.5. The van der Waals surface area contributed by atoms with E-state index in [1.54, 1.807) is 30.5 Å². The van der Waals surface area contributed by atoms with Crippen LogP contribution in [0.25, 0.3) is 6.08 Å². The molecule has 2 aliphatic heterocycles. The second-order valence-corrected chi connectivity index (χ2v) is 9.52. The van der Waals surface area contributed by atoms with Gasteiger partial charge in [0.05, 0.1) is 0 Å². The van der Waals surface area contributed by atoms with Crippen LogP contribution in [0.1, 0.15) is 53.5 Å². The van der Waals surface area contributed by atoms with Crippen LogP contribution in [0.15, 0.2) is 42.6 Å². The van der Waals surface area contributed by atoms with E-state index >= 15 is 0 Å². The summed E-state index contributed by atoms with van der Waals surface area (Å²) in [6.07, 6.45) is 6.36. The van der Waals surface area contributed by atoms with Gasteiger partial charge in [-0.25, -0.2) is 0 Å². The number of nitrogens with one attached hydrogen (secondary N) is 3. The molecule has 3 N–H and O–H groups in total. The van der Waals surface area contributed by atoms with Crippen molar-refractivity contribution < 1.29 is 19.1 Å². The van der Waals surface area contributed by atoms with Gasteiger partial charge in [-0.05, 0) is 54.0 Å². The summed E-state index contributed by atoms with van der Waals surface area (Å²) < 4.78 is 6.20. The molecule has 7 heteroatoms. The average Bonchev–Trinajstić information content (AvgIpc) is 2.74. The fourth-order valence-corrected chi connectivity index (χ4v) is 3.47. The summed E-state index contributed by atoms with van der Waals surface area (Å²) in [5.74, 6) is -0.295. The SMILES string of the molecule is CC(C)C=CC(=O)NC1C(=O)N[C@@H](CC(C)C)C(=O)NC=Cc2ccc(cc2)O[C@H]1C(C)C. The number of carbonyl (C=O) groups is 3. The Bertz CT molecular complexity index is 872. The Morgan fingerprint density at radius 3 is 2.30 bits per heavy atom. The summed E-state index contributed by atoms with van der Waals surface area (Å²) in [5, 5.41) is 8.41. The highest BCUT2D eigenvalue weighted by Gasteiger charge is 2.36. The van der Waals surface area contributed by atoms with Gasteiger partial charge in [0.15, 0.2) is 0 Å². The van der Waals surface area contributed by atoms with Gasteiger partial charge in [0.1, 0.15) is 23.9 Å². The first kappa shape index (κ1) is 26.2. The van der Waals surface area contributed by atoms with Crippen LogP contribution >= 0.6 is 0 Å². The van der Waals surface area contributed by atoms with Crippen molar-refractivity contribution in [3.05, 3.63) is 48.2 Å². The number of fused-ring (bicyclic) bond motifs is 10. The van der Waals surface area contributed by atoms with Crippen LogP contribution in [-0.2, 0) is 14.4 Å². The Balaban J connectivity index is 2.46. The lowest BCUT2D eigenvalue weighted by atomic mass is 9.96. The smallest absolute Gasteiger partial charge is 0.247 e. The average molecular weight is 456 g/mol. The fraction of sp³-hybridized carbons (Fsp3) is 0.500. The second kappa shape index (κ2) is 12.2. The molecule has 0 aliphatic carbocycles. The Morgan fingerprint density at radius 2 is 1.73 bits per heavy atom. The molecule has 1 aromatic rings. The summed E-state index contributed by atoms with van der Waals surface area (Å²) in [6, 6.07) is 5.61. The van der Waals surface area contributed by atoms with Crippen molar-refractivity contribution >= 4 is 23.8 Å². The normalized spacial score (nSPS) is 21.8. The van der Waals surface area contributed by atoms with Gasteiger partial charge in [0, 0.05) is 6.20 Å². The predicted molar refractivity (Wildman–Crippen MR) is 130 cm³/mol. The molecule has 3 amide bonds. The topological polar surface area (TPSA) is 96.5 Å². The molecule has 2 heterocycles. The molecular weight excluding hydrogens is 418 g/mol. The monoisotopic (exact) mass is 455 g/mol. The van der Waals surface area contributed by atoms with Crippen LogP contribution in [0.5, 0.6) is 5.75 Å². The molecule has 33 heavy (non-hydrogen) atoms. The summed E-state index contributed by atoms with van der Waals surface area (Å²) in [6.45, 7) is 11.8. The highest BCUT2D eigenvalue weighted by atomic mass is 16.5. The maximum absolute atomic E-state index is 13.4. The number of hydrogen-bond donors (Lipinski definition) is 3. The van der Waals surface area contributed by atoms with Gasteiger partial charge in [-0.1, -0.05) is 59.8 Å². The van der Waals surface area contributed by atoms with Gasteiger partial charge in [-0.15, -0.1) is 0 Å².